The summed E-state index contributed by atoms with van der Waals surface area (Å²) in [5, 5.41) is 0. The molecule has 1 fully saturated rings. The van der Waals surface area contributed by atoms with Gasteiger partial charge in [-0.3, -0.25) is 4.79 Å². The molecule has 1 aromatic rings. The highest BCUT2D eigenvalue weighted by molar-refractivity contribution is 5.75. The van der Waals surface area contributed by atoms with E-state index in [1.807, 2.05) is 7.05 Å². The summed E-state index contributed by atoms with van der Waals surface area (Å²) in [5.74, 6) is 0.973. The van der Waals surface area contributed by atoms with Gasteiger partial charge in [0.2, 0.25) is 5.91 Å². The van der Waals surface area contributed by atoms with E-state index in [4.69, 9.17) is 4.74 Å². The third kappa shape index (κ3) is 3.84. The molecule has 1 aromatic heterocycles. The zero-order chi connectivity index (χ0) is 12.8. The molecule has 0 aliphatic carbocycles. The van der Waals surface area contributed by atoms with Gasteiger partial charge in [-0.25, -0.2) is 4.98 Å². The Kier molecular flexibility index (Phi) is 4.75. The molecule has 5 heteroatoms. The topological polar surface area (TPSA) is 58.2 Å². The Balaban J connectivity index is 1.70. The van der Waals surface area contributed by atoms with Crippen LogP contribution in [-0.2, 0) is 16.1 Å². The van der Waals surface area contributed by atoms with E-state index in [1.54, 1.807) is 17.3 Å². The maximum atomic E-state index is 11.9. The molecule has 2 heterocycles. The second-order valence-corrected chi connectivity index (χ2v) is 4.81. The Labute approximate surface area is 108 Å². The summed E-state index contributed by atoms with van der Waals surface area (Å²) in [6.45, 7) is 1.39. The van der Waals surface area contributed by atoms with Crippen LogP contribution < -0.4 is 0 Å². The number of carbonyl (C=O) groups is 1. The highest BCUT2D eigenvalue weighted by atomic mass is 16.5. The number of aromatic amines is 1. The van der Waals surface area contributed by atoms with Crippen LogP contribution in [0.5, 0.6) is 0 Å². The fourth-order valence-corrected chi connectivity index (χ4v) is 2.21. The summed E-state index contributed by atoms with van der Waals surface area (Å²) < 4.78 is 5.62. The minimum atomic E-state index is 0.153. The van der Waals surface area contributed by atoms with Crippen molar-refractivity contribution in [1.29, 1.82) is 0 Å². The number of H-pyrrole nitrogens is 1. The fourth-order valence-electron chi connectivity index (χ4n) is 2.21. The minimum absolute atomic E-state index is 0.153. The highest BCUT2D eigenvalue weighted by Crippen LogP contribution is 2.17. The van der Waals surface area contributed by atoms with E-state index < -0.39 is 0 Å². The maximum Gasteiger partial charge on any atom is 0.222 e. The molecule has 1 aliphatic rings. The molecule has 1 N–H and O–H groups in total. The number of imidazole rings is 1. The summed E-state index contributed by atoms with van der Waals surface area (Å²) >= 11 is 0. The van der Waals surface area contributed by atoms with Crippen LogP contribution in [-0.4, -0.2) is 40.5 Å². The van der Waals surface area contributed by atoms with E-state index in [-0.39, 0.29) is 12.0 Å². The molecule has 5 nitrogen and oxygen atoms in total. The lowest BCUT2D eigenvalue weighted by atomic mass is 10.0. The summed E-state index contributed by atoms with van der Waals surface area (Å²) in [5.41, 5.74) is 0. The Hall–Kier alpha value is -1.36. The first-order valence-corrected chi connectivity index (χ1v) is 6.59. The van der Waals surface area contributed by atoms with E-state index >= 15 is 0 Å². The van der Waals surface area contributed by atoms with Crippen LogP contribution in [0.3, 0.4) is 0 Å². The van der Waals surface area contributed by atoms with Gasteiger partial charge in [-0.15, -0.1) is 0 Å². The molecule has 1 saturated heterocycles. The van der Waals surface area contributed by atoms with Gasteiger partial charge in [0.25, 0.3) is 0 Å². The first kappa shape index (κ1) is 13.1. The summed E-state index contributed by atoms with van der Waals surface area (Å²) in [7, 11) is 1.81. The van der Waals surface area contributed by atoms with E-state index in [9.17, 15) is 4.79 Å². The number of hydrogen-bond donors (Lipinski definition) is 1. The highest BCUT2D eigenvalue weighted by Gasteiger charge is 2.17. The molecule has 0 radical (unpaired) electrons. The van der Waals surface area contributed by atoms with Gasteiger partial charge < -0.3 is 14.6 Å². The Morgan fingerprint density at radius 3 is 3.17 bits per heavy atom. The van der Waals surface area contributed by atoms with Crippen LogP contribution in [0, 0.1) is 0 Å². The second-order valence-electron chi connectivity index (χ2n) is 4.81. The Bertz CT molecular complexity index is 358. The number of aromatic nitrogens is 2. The predicted molar refractivity (Wildman–Crippen MR) is 67.9 cm³/mol. The van der Waals surface area contributed by atoms with E-state index in [0.717, 1.165) is 31.7 Å². The van der Waals surface area contributed by atoms with Crippen LogP contribution in [0.25, 0.3) is 0 Å². The zero-order valence-electron chi connectivity index (χ0n) is 10.9. The third-order valence-corrected chi connectivity index (χ3v) is 3.32. The summed E-state index contributed by atoms with van der Waals surface area (Å²) in [6.07, 6.45) is 8.61. The van der Waals surface area contributed by atoms with Gasteiger partial charge in [0.1, 0.15) is 5.82 Å². The Morgan fingerprint density at radius 2 is 2.50 bits per heavy atom. The summed E-state index contributed by atoms with van der Waals surface area (Å²) in [4.78, 5) is 20.8. The van der Waals surface area contributed by atoms with Crippen molar-refractivity contribution in [2.24, 2.45) is 0 Å². The van der Waals surface area contributed by atoms with Crippen molar-refractivity contribution in [2.75, 3.05) is 13.7 Å². The fraction of sp³-hybridized carbons (Fsp3) is 0.692. The average Bonchev–Trinajstić information content (AvgIpc) is 2.90. The maximum absolute atomic E-state index is 11.9. The van der Waals surface area contributed by atoms with Crippen molar-refractivity contribution < 1.29 is 9.53 Å². The number of hydrogen-bond acceptors (Lipinski definition) is 3. The van der Waals surface area contributed by atoms with Gasteiger partial charge in [-0.2, -0.15) is 0 Å². The molecule has 1 atom stereocenters. The van der Waals surface area contributed by atoms with E-state index in [1.165, 1.54) is 6.42 Å². The molecule has 0 spiro atoms. The lowest BCUT2D eigenvalue weighted by Gasteiger charge is -2.23. The molecule has 100 valence electrons. The van der Waals surface area contributed by atoms with Gasteiger partial charge in [-0.05, 0) is 25.7 Å². The molecular formula is C13H21N3O2. The first-order chi connectivity index (χ1) is 8.75. The molecule has 1 unspecified atom stereocenters. The number of amides is 1. The zero-order valence-corrected chi connectivity index (χ0v) is 10.9. The van der Waals surface area contributed by atoms with Crippen molar-refractivity contribution in [1.82, 2.24) is 14.9 Å². The third-order valence-electron chi connectivity index (χ3n) is 3.32. The van der Waals surface area contributed by atoms with Gasteiger partial charge in [0.05, 0.1) is 12.6 Å². The van der Waals surface area contributed by atoms with Gasteiger partial charge in [-0.1, -0.05) is 0 Å². The van der Waals surface area contributed by atoms with Gasteiger partial charge >= 0.3 is 0 Å². The monoisotopic (exact) mass is 251 g/mol. The normalized spacial score (nSPS) is 19.7. The molecule has 1 aliphatic heterocycles. The van der Waals surface area contributed by atoms with Crippen molar-refractivity contribution in [3.8, 4) is 0 Å². The van der Waals surface area contributed by atoms with Gasteiger partial charge in [0, 0.05) is 32.5 Å². The van der Waals surface area contributed by atoms with Crippen LogP contribution in [0.1, 0.15) is 37.9 Å². The standard InChI is InChI=1S/C13H21N3O2/c1-16(10-12-14-7-8-15-12)13(17)6-5-11-4-2-3-9-18-11/h7-8,11H,2-6,9-10H2,1H3,(H,14,15). The van der Waals surface area contributed by atoms with Crippen LogP contribution in [0.2, 0.25) is 0 Å². The molecule has 1 amide bonds. The smallest absolute Gasteiger partial charge is 0.222 e. The van der Waals surface area contributed by atoms with Crippen molar-refractivity contribution in [3.63, 3.8) is 0 Å². The predicted octanol–water partition coefficient (Wildman–Crippen LogP) is 1.72. The number of ether oxygens (including phenoxy) is 1. The quantitative estimate of drug-likeness (QED) is 0.866. The molecule has 0 aromatic carbocycles. The van der Waals surface area contributed by atoms with Crippen molar-refractivity contribution in [3.05, 3.63) is 18.2 Å². The van der Waals surface area contributed by atoms with Crippen molar-refractivity contribution in [2.45, 2.75) is 44.8 Å². The van der Waals surface area contributed by atoms with E-state index in [2.05, 4.69) is 9.97 Å². The molecule has 0 bridgehead atoms. The second kappa shape index (κ2) is 6.54. The van der Waals surface area contributed by atoms with Gasteiger partial charge in [0.15, 0.2) is 0 Å². The van der Waals surface area contributed by atoms with Crippen LogP contribution in [0.15, 0.2) is 12.4 Å². The molecule has 18 heavy (non-hydrogen) atoms. The average molecular weight is 251 g/mol. The first-order valence-electron chi connectivity index (χ1n) is 6.59. The van der Waals surface area contributed by atoms with E-state index in [0.29, 0.717) is 13.0 Å². The number of rotatable bonds is 5. The van der Waals surface area contributed by atoms with Crippen LogP contribution in [0.4, 0.5) is 0 Å². The lowest BCUT2D eigenvalue weighted by molar-refractivity contribution is -0.131. The SMILES string of the molecule is CN(Cc1ncc[nH]1)C(=O)CCC1CCCCO1. The minimum Gasteiger partial charge on any atom is -0.378 e. The molecule has 0 saturated carbocycles. The van der Waals surface area contributed by atoms with Crippen LogP contribution >= 0.6 is 0 Å². The van der Waals surface area contributed by atoms with Crippen molar-refractivity contribution >= 4 is 5.91 Å². The summed E-state index contributed by atoms with van der Waals surface area (Å²) in [6, 6.07) is 0. The number of nitrogens with one attached hydrogen (secondary N) is 1. The number of carbonyl (C=O) groups excluding carboxylic acids is 1. The molecular weight excluding hydrogens is 230 g/mol. The largest absolute Gasteiger partial charge is 0.378 e. The lowest BCUT2D eigenvalue weighted by Crippen LogP contribution is -2.28. The number of nitrogens with zero attached hydrogens (tertiary/aromatic N) is 2. The Morgan fingerprint density at radius 1 is 1.61 bits per heavy atom. The molecule has 2 rings (SSSR count).